The summed E-state index contributed by atoms with van der Waals surface area (Å²) in [4.78, 5) is 15.0. The summed E-state index contributed by atoms with van der Waals surface area (Å²) in [7, 11) is 0. The molecule has 0 unspecified atom stereocenters. The van der Waals surface area contributed by atoms with E-state index in [0.29, 0.717) is 0 Å². The second kappa shape index (κ2) is 6.15. The van der Waals surface area contributed by atoms with Crippen LogP contribution in [0.4, 0.5) is 17.6 Å². The number of amidine groups is 1. The summed E-state index contributed by atoms with van der Waals surface area (Å²) in [5, 5.41) is 0. The zero-order valence-electron chi connectivity index (χ0n) is 12.0. The van der Waals surface area contributed by atoms with Gasteiger partial charge in [-0.1, -0.05) is 0 Å². The van der Waals surface area contributed by atoms with Gasteiger partial charge in [0.05, 0.1) is 6.61 Å². The van der Waals surface area contributed by atoms with Crippen molar-refractivity contribution in [2.75, 3.05) is 26.6 Å². The van der Waals surface area contributed by atoms with Crippen molar-refractivity contribution < 1.29 is 27.1 Å². The second-order valence-electron chi connectivity index (χ2n) is 5.27. The van der Waals surface area contributed by atoms with Gasteiger partial charge in [0.15, 0.2) is 5.60 Å². The van der Waals surface area contributed by atoms with E-state index in [0.717, 1.165) is 18.2 Å². The maximum absolute atomic E-state index is 14.1. The summed E-state index contributed by atoms with van der Waals surface area (Å²) >= 11 is 0. The van der Waals surface area contributed by atoms with Crippen LogP contribution in [-0.2, 0) is 10.3 Å². The molecule has 5 nitrogen and oxygen atoms in total. The van der Waals surface area contributed by atoms with E-state index in [9.17, 15) is 22.4 Å². The average molecular weight is 333 g/mol. The summed E-state index contributed by atoms with van der Waals surface area (Å²) in [6.07, 6.45) is 0. The molecule has 0 radical (unpaired) electrons. The maximum atomic E-state index is 14.1. The topological polar surface area (TPSA) is 90.7 Å². The lowest BCUT2D eigenvalue weighted by atomic mass is 9.88. The predicted molar refractivity (Wildman–Crippen MR) is 74.8 cm³/mol. The van der Waals surface area contributed by atoms with Crippen LogP contribution >= 0.6 is 0 Å². The van der Waals surface area contributed by atoms with E-state index < -0.39 is 55.3 Å². The summed E-state index contributed by atoms with van der Waals surface area (Å²) < 4.78 is 58.9. The molecule has 1 atom stereocenters. The molecule has 2 rings (SSSR count). The molecular weight excluding hydrogens is 318 g/mol. The lowest BCUT2D eigenvalue weighted by Gasteiger charge is -2.40. The van der Waals surface area contributed by atoms with Crippen molar-refractivity contribution in [1.82, 2.24) is 0 Å². The van der Waals surface area contributed by atoms with Crippen LogP contribution in [0, 0.1) is 5.82 Å². The Kier molecular flexibility index (Phi) is 4.60. The van der Waals surface area contributed by atoms with Crippen molar-refractivity contribution >= 4 is 11.7 Å². The number of halogens is 4. The van der Waals surface area contributed by atoms with Crippen LogP contribution in [0.3, 0.4) is 0 Å². The highest BCUT2D eigenvalue weighted by molar-refractivity contribution is 5.93. The number of aliphatic imine (C=N–C) groups is 1. The number of carbonyl (C=O) groups is 1. The first-order chi connectivity index (χ1) is 10.8. The third kappa shape index (κ3) is 2.76. The molecule has 1 aliphatic rings. The molecule has 0 aliphatic carbocycles. The van der Waals surface area contributed by atoms with E-state index >= 15 is 0 Å². The SMILES string of the molecule is NC(=O)c1ccc(F)c([C@@]2(CF)COC(CF)(CF)C(N)=N2)c1. The Bertz CT molecular complexity index is 649. The van der Waals surface area contributed by atoms with Gasteiger partial charge in [0.1, 0.15) is 37.2 Å². The molecule has 0 fully saturated rings. The highest BCUT2D eigenvalue weighted by Gasteiger charge is 2.48. The van der Waals surface area contributed by atoms with Crippen molar-refractivity contribution in [2.45, 2.75) is 11.1 Å². The third-order valence-corrected chi connectivity index (χ3v) is 3.79. The molecule has 9 heteroatoms. The molecule has 1 amide bonds. The van der Waals surface area contributed by atoms with E-state index in [1.54, 1.807) is 0 Å². The Hall–Kier alpha value is -2.16. The van der Waals surface area contributed by atoms with E-state index in [-0.39, 0.29) is 11.1 Å². The maximum Gasteiger partial charge on any atom is 0.248 e. The summed E-state index contributed by atoms with van der Waals surface area (Å²) in [6, 6.07) is 3.07. The number of amides is 1. The van der Waals surface area contributed by atoms with Crippen LogP contribution in [0.1, 0.15) is 15.9 Å². The lowest BCUT2D eigenvalue weighted by Crippen LogP contribution is -2.58. The number of rotatable bonds is 5. The van der Waals surface area contributed by atoms with Gasteiger partial charge in [0, 0.05) is 11.1 Å². The fourth-order valence-corrected chi connectivity index (χ4v) is 2.26. The number of benzene rings is 1. The number of nitrogens with zero attached hydrogens (tertiary/aromatic N) is 1. The number of alkyl halides is 3. The highest BCUT2D eigenvalue weighted by Crippen LogP contribution is 2.36. The molecule has 0 saturated heterocycles. The first kappa shape index (κ1) is 17.2. The number of nitrogens with two attached hydrogens (primary N) is 2. The Morgan fingerprint density at radius 3 is 2.39 bits per heavy atom. The fourth-order valence-electron chi connectivity index (χ4n) is 2.26. The van der Waals surface area contributed by atoms with E-state index in [1.807, 2.05) is 0 Å². The summed E-state index contributed by atoms with van der Waals surface area (Å²) in [5.74, 6) is -2.34. The average Bonchev–Trinajstić information content (AvgIpc) is 2.55. The van der Waals surface area contributed by atoms with Gasteiger partial charge in [0.25, 0.3) is 0 Å². The van der Waals surface area contributed by atoms with Crippen LogP contribution in [-0.4, -0.2) is 44.0 Å². The zero-order valence-corrected chi connectivity index (χ0v) is 12.0. The van der Waals surface area contributed by atoms with Crippen LogP contribution in [0.25, 0.3) is 0 Å². The minimum absolute atomic E-state index is 0.0733. The Labute approximate surface area is 129 Å². The zero-order chi connectivity index (χ0) is 17.3. The van der Waals surface area contributed by atoms with Gasteiger partial charge in [-0.15, -0.1) is 0 Å². The molecule has 23 heavy (non-hydrogen) atoms. The van der Waals surface area contributed by atoms with Crippen molar-refractivity contribution in [3.05, 3.63) is 35.1 Å². The van der Waals surface area contributed by atoms with Gasteiger partial charge >= 0.3 is 0 Å². The minimum Gasteiger partial charge on any atom is -0.385 e. The van der Waals surface area contributed by atoms with Crippen molar-refractivity contribution in [2.24, 2.45) is 16.5 Å². The Balaban J connectivity index is 2.58. The lowest BCUT2D eigenvalue weighted by molar-refractivity contribution is -0.0644. The van der Waals surface area contributed by atoms with Gasteiger partial charge < -0.3 is 16.2 Å². The fraction of sp³-hybridized carbons (Fsp3) is 0.429. The van der Waals surface area contributed by atoms with Gasteiger partial charge in [-0.25, -0.2) is 17.6 Å². The first-order valence-electron chi connectivity index (χ1n) is 6.61. The smallest absolute Gasteiger partial charge is 0.248 e. The molecule has 126 valence electrons. The van der Waals surface area contributed by atoms with Crippen molar-refractivity contribution in [3.8, 4) is 0 Å². The largest absolute Gasteiger partial charge is 0.385 e. The van der Waals surface area contributed by atoms with Crippen LogP contribution in [0.15, 0.2) is 23.2 Å². The van der Waals surface area contributed by atoms with E-state index in [2.05, 4.69) is 4.99 Å². The van der Waals surface area contributed by atoms with Gasteiger partial charge in [0.2, 0.25) is 5.91 Å². The molecule has 1 heterocycles. The molecular formula is C14H15F4N3O2. The number of hydrogen-bond donors (Lipinski definition) is 2. The number of primary amides is 1. The molecule has 1 aromatic rings. The summed E-state index contributed by atoms with van der Waals surface area (Å²) in [6.45, 7) is -4.49. The molecule has 1 aromatic carbocycles. The van der Waals surface area contributed by atoms with Gasteiger partial charge in [-0.3, -0.25) is 9.79 Å². The highest BCUT2D eigenvalue weighted by atomic mass is 19.1. The van der Waals surface area contributed by atoms with E-state index in [1.165, 1.54) is 0 Å². The minimum atomic E-state index is -2.10. The molecule has 0 spiro atoms. The van der Waals surface area contributed by atoms with Crippen molar-refractivity contribution in [3.63, 3.8) is 0 Å². The van der Waals surface area contributed by atoms with Crippen molar-refractivity contribution in [1.29, 1.82) is 0 Å². The van der Waals surface area contributed by atoms with Gasteiger partial charge in [-0.05, 0) is 18.2 Å². The number of hydrogen-bond acceptors (Lipinski definition) is 4. The molecule has 1 aliphatic heterocycles. The first-order valence-corrected chi connectivity index (χ1v) is 6.61. The predicted octanol–water partition coefficient (Wildman–Crippen LogP) is 1.15. The standard InChI is InChI=1S/C14H15F4N3O2/c15-4-13(7-23-14(5-16,6-17)12(20)21-13)9-3-8(11(19)22)1-2-10(9)18/h1-3H,4-7H2,(H2,19,22)(H2,20,21)/t13-/m1/s1. The van der Waals surface area contributed by atoms with Crippen LogP contribution in [0.5, 0.6) is 0 Å². The van der Waals surface area contributed by atoms with E-state index in [4.69, 9.17) is 16.2 Å². The second-order valence-corrected chi connectivity index (χ2v) is 5.27. The molecule has 0 bridgehead atoms. The Morgan fingerprint density at radius 1 is 1.26 bits per heavy atom. The van der Waals surface area contributed by atoms with Crippen LogP contribution < -0.4 is 11.5 Å². The number of carbonyl (C=O) groups excluding carboxylic acids is 1. The third-order valence-electron chi connectivity index (χ3n) is 3.79. The van der Waals surface area contributed by atoms with Gasteiger partial charge in [-0.2, -0.15) is 0 Å². The molecule has 0 aromatic heterocycles. The molecule has 0 saturated carbocycles. The van der Waals surface area contributed by atoms with Crippen LogP contribution in [0.2, 0.25) is 0 Å². The Morgan fingerprint density at radius 2 is 1.91 bits per heavy atom. The normalized spacial score (nSPS) is 23.4. The quantitative estimate of drug-likeness (QED) is 0.792. The number of ether oxygens (including phenoxy) is 1. The monoisotopic (exact) mass is 333 g/mol. The summed E-state index contributed by atoms with van der Waals surface area (Å²) in [5.41, 5.74) is 6.21. The molecule has 4 N–H and O–H groups in total.